The van der Waals surface area contributed by atoms with Crippen molar-refractivity contribution in [3.63, 3.8) is 0 Å². The predicted molar refractivity (Wildman–Crippen MR) is 131 cm³/mol. The maximum atomic E-state index is 12.0. The summed E-state index contributed by atoms with van der Waals surface area (Å²) in [5, 5.41) is 0. The summed E-state index contributed by atoms with van der Waals surface area (Å²) in [6.45, 7) is 2.23. The molecule has 3 rings (SSSR count). The highest BCUT2D eigenvalue weighted by molar-refractivity contribution is 7.85. The molecule has 0 fully saturated rings. The van der Waals surface area contributed by atoms with Crippen molar-refractivity contribution >= 4 is 26.8 Å². The number of nitrogens with zero attached hydrogens (tertiary/aromatic N) is 1. The lowest BCUT2D eigenvalue weighted by atomic mass is 10.0. The van der Waals surface area contributed by atoms with Gasteiger partial charge in [-0.15, -0.1) is 0 Å². The molecule has 0 unspecified atom stereocenters. The van der Waals surface area contributed by atoms with Crippen LogP contribution in [0.25, 0.3) is 22.4 Å². The SMILES string of the molecule is CCCCCCCCCCCCc1c(S(=O)(=O)O)ccc2[nH]c(-c3cccc(N)c3)nc12. The highest BCUT2D eigenvalue weighted by atomic mass is 32.2. The first-order valence-corrected chi connectivity index (χ1v) is 13.2. The lowest BCUT2D eigenvalue weighted by Gasteiger charge is -2.08. The Bertz CT molecular complexity index is 1120. The molecule has 6 nitrogen and oxygen atoms in total. The molecule has 0 radical (unpaired) electrons. The van der Waals surface area contributed by atoms with E-state index >= 15 is 0 Å². The van der Waals surface area contributed by atoms with Crippen LogP contribution in [0.4, 0.5) is 5.69 Å². The lowest BCUT2D eigenvalue weighted by Crippen LogP contribution is -2.04. The number of nitrogens with two attached hydrogens (primary N) is 1. The van der Waals surface area contributed by atoms with Gasteiger partial charge in [0, 0.05) is 16.8 Å². The molecule has 7 heteroatoms. The summed E-state index contributed by atoms with van der Waals surface area (Å²) in [5.74, 6) is 0.629. The lowest BCUT2D eigenvalue weighted by molar-refractivity contribution is 0.481. The highest BCUT2D eigenvalue weighted by Gasteiger charge is 2.20. The Balaban J connectivity index is 1.68. The van der Waals surface area contributed by atoms with E-state index in [1.54, 1.807) is 12.1 Å². The second-order valence-electron chi connectivity index (χ2n) is 8.56. The van der Waals surface area contributed by atoms with Gasteiger partial charge in [0.2, 0.25) is 0 Å². The van der Waals surface area contributed by atoms with E-state index in [4.69, 9.17) is 5.73 Å². The Labute approximate surface area is 191 Å². The number of aromatic amines is 1. The molecule has 2 aromatic carbocycles. The molecule has 1 aromatic heterocycles. The van der Waals surface area contributed by atoms with Crippen molar-refractivity contribution in [2.24, 2.45) is 0 Å². The molecule has 0 bridgehead atoms. The monoisotopic (exact) mass is 457 g/mol. The third-order valence-corrected chi connectivity index (χ3v) is 6.87. The Morgan fingerprint density at radius 1 is 0.938 bits per heavy atom. The number of H-pyrrole nitrogens is 1. The topological polar surface area (TPSA) is 109 Å². The van der Waals surface area contributed by atoms with E-state index in [2.05, 4.69) is 16.9 Å². The normalized spacial score (nSPS) is 11.9. The van der Waals surface area contributed by atoms with Gasteiger partial charge in [0.15, 0.2) is 0 Å². The summed E-state index contributed by atoms with van der Waals surface area (Å²) >= 11 is 0. The van der Waals surface area contributed by atoms with Gasteiger partial charge in [0.05, 0.1) is 15.9 Å². The molecule has 0 spiro atoms. The molecule has 174 valence electrons. The van der Waals surface area contributed by atoms with Gasteiger partial charge in [-0.3, -0.25) is 4.55 Å². The van der Waals surface area contributed by atoms with Crippen molar-refractivity contribution < 1.29 is 13.0 Å². The maximum Gasteiger partial charge on any atom is 0.294 e. The summed E-state index contributed by atoms with van der Waals surface area (Å²) in [7, 11) is -4.32. The van der Waals surface area contributed by atoms with Crippen LogP contribution in [-0.4, -0.2) is 22.9 Å². The van der Waals surface area contributed by atoms with Crippen LogP contribution in [0.5, 0.6) is 0 Å². The summed E-state index contributed by atoms with van der Waals surface area (Å²) in [6.07, 6.45) is 12.6. The number of fused-ring (bicyclic) bond motifs is 1. The zero-order valence-corrected chi connectivity index (χ0v) is 19.8. The number of unbranched alkanes of at least 4 members (excludes halogenated alkanes) is 9. The van der Waals surface area contributed by atoms with Crippen LogP contribution in [0.1, 0.15) is 76.7 Å². The summed E-state index contributed by atoms with van der Waals surface area (Å²) in [4.78, 5) is 7.88. The van der Waals surface area contributed by atoms with E-state index in [0.717, 1.165) is 30.3 Å². The third-order valence-electron chi connectivity index (χ3n) is 5.93. The minimum Gasteiger partial charge on any atom is -0.399 e. The zero-order valence-electron chi connectivity index (χ0n) is 18.9. The van der Waals surface area contributed by atoms with Gasteiger partial charge in [-0.05, 0) is 37.1 Å². The van der Waals surface area contributed by atoms with Crippen molar-refractivity contribution in [3.8, 4) is 11.4 Å². The van der Waals surface area contributed by atoms with Crippen molar-refractivity contribution in [1.29, 1.82) is 0 Å². The van der Waals surface area contributed by atoms with E-state index in [9.17, 15) is 13.0 Å². The smallest absolute Gasteiger partial charge is 0.294 e. The predicted octanol–water partition coefficient (Wildman–Crippen LogP) is 6.52. The fraction of sp³-hybridized carbons (Fsp3) is 0.480. The van der Waals surface area contributed by atoms with Gasteiger partial charge in [-0.2, -0.15) is 8.42 Å². The molecular formula is C25H35N3O3S. The zero-order chi connectivity index (χ0) is 23.0. The van der Waals surface area contributed by atoms with Crippen molar-refractivity contribution in [2.45, 2.75) is 82.4 Å². The number of aryl methyl sites for hydroxylation is 1. The van der Waals surface area contributed by atoms with Crippen LogP contribution in [-0.2, 0) is 16.5 Å². The fourth-order valence-corrected chi connectivity index (χ4v) is 4.96. The Morgan fingerprint density at radius 2 is 1.59 bits per heavy atom. The quantitative estimate of drug-likeness (QED) is 0.154. The average molecular weight is 458 g/mol. The number of aromatic nitrogens is 2. The minimum atomic E-state index is -4.32. The van der Waals surface area contributed by atoms with Crippen molar-refractivity contribution in [3.05, 3.63) is 42.0 Å². The summed E-state index contributed by atoms with van der Waals surface area (Å²) < 4.78 is 33.8. The van der Waals surface area contributed by atoms with Crippen LogP contribution >= 0.6 is 0 Å². The van der Waals surface area contributed by atoms with Crippen LogP contribution < -0.4 is 5.73 Å². The van der Waals surface area contributed by atoms with Crippen LogP contribution in [0.3, 0.4) is 0 Å². The minimum absolute atomic E-state index is 0.0495. The number of anilines is 1. The second kappa shape index (κ2) is 11.5. The molecule has 0 saturated heterocycles. The third kappa shape index (κ3) is 6.56. The van der Waals surface area contributed by atoms with E-state index in [1.165, 1.54) is 51.0 Å². The first-order valence-electron chi connectivity index (χ1n) is 11.7. The summed E-state index contributed by atoms with van der Waals surface area (Å²) in [6, 6.07) is 10.5. The van der Waals surface area contributed by atoms with Crippen LogP contribution in [0.15, 0.2) is 41.3 Å². The van der Waals surface area contributed by atoms with Gasteiger partial charge >= 0.3 is 0 Å². The van der Waals surface area contributed by atoms with Crippen molar-refractivity contribution in [2.75, 3.05) is 5.73 Å². The molecule has 4 N–H and O–H groups in total. The van der Waals surface area contributed by atoms with Gasteiger partial charge in [-0.25, -0.2) is 4.98 Å². The Hall–Kier alpha value is -2.38. The first-order chi connectivity index (χ1) is 15.4. The number of nitrogen functional groups attached to an aromatic ring is 1. The fourth-order valence-electron chi connectivity index (χ4n) is 4.21. The maximum absolute atomic E-state index is 12.0. The van der Waals surface area contributed by atoms with E-state index in [0.29, 0.717) is 29.0 Å². The number of imidazole rings is 1. The molecule has 0 aliphatic heterocycles. The molecule has 0 atom stereocenters. The first kappa shape index (κ1) is 24.3. The largest absolute Gasteiger partial charge is 0.399 e. The molecule has 0 aliphatic carbocycles. The molecule has 0 amide bonds. The van der Waals surface area contributed by atoms with Crippen molar-refractivity contribution in [1.82, 2.24) is 9.97 Å². The second-order valence-corrected chi connectivity index (χ2v) is 9.95. The Kier molecular flexibility index (Phi) is 8.70. The number of hydrogen-bond donors (Lipinski definition) is 3. The van der Waals surface area contributed by atoms with Gasteiger partial charge in [0.25, 0.3) is 10.1 Å². The van der Waals surface area contributed by atoms with Gasteiger partial charge in [0.1, 0.15) is 5.82 Å². The highest BCUT2D eigenvalue weighted by Crippen LogP contribution is 2.29. The van der Waals surface area contributed by atoms with Crippen LogP contribution in [0, 0.1) is 0 Å². The summed E-state index contributed by atoms with van der Waals surface area (Å²) in [5.41, 5.74) is 9.28. The number of hydrogen-bond acceptors (Lipinski definition) is 4. The van der Waals surface area contributed by atoms with E-state index in [-0.39, 0.29) is 4.90 Å². The van der Waals surface area contributed by atoms with E-state index in [1.807, 2.05) is 18.2 Å². The molecule has 1 heterocycles. The average Bonchev–Trinajstić information content (AvgIpc) is 3.19. The standard InChI is InChI=1S/C25H35N3O3S/c1-2-3-4-5-6-7-8-9-10-11-15-21-23(32(29,30)31)17-16-22-24(21)28-25(27-22)19-13-12-14-20(26)18-19/h12-14,16-18H,2-11,15,26H2,1H3,(H,27,28)(H,29,30,31). The molecule has 32 heavy (non-hydrogen) atoms. The number of benzene rings is 2. The van der Waals surface area contributed by atoms with E-state index < -0.39 is 10.1 Å². The van der Waals surface area contributed by atoms with Crippen LogP contribution in [0.2, 0.25) is 0 Å². The van der Waals surface area contributed by atoms with Gasteiger partial charge < -0.3 is 10.7 Å². The Morgan fingerprint density at radius 3 is 2.22 bits per heavy atom. The molecule has 0 saturated carbocycles. The molecular weight excluding hydrogens is 422 g/mol. The number of nitrogens with one attached hydrogen (secondary N) is 1. The molecule has 3 aromatic rings. The van der Waals surface area contributed by atoms with Gasteiger partial charge in [-0.1, -0.05) is 76.8 Å². The molecule has 0 aliphatic rings. The number of rotatable bonds is 13.